The van der Waals surface area contributed by atoms with Gasteiger partial charge in [0.25, 0.3) is 0 Å². The summed E-state index contributed by atoms with van der Waals surface area (Å²) in [5, 5.41) is 3.36. The Balaban J connectivity index is 2.40. The van der Waals surface area contributed by atoms with Crippen molar-refractivity contribution in [2.75, 3.05) is 13.1 Å². The summed E-state index contributed by atoms with van der Waals surface area (Å²) in [7, 11) is 0. The molecular weight excluding hydrogens is 98.1 g/mol. The van der Waals surface area contributed by atoms with Crippen LogP contribution in [-0.2, 0) is 0 Å². The minimum atomic E-state index is 0.625. The fourth-order valence-electron chi connectivity index (χ4n) is 1.17. The fraction of sp³-hybridized carbons (Fsp3) is 1.00. The molecule has 1 saturated heterocycles. The average Bonchev–Trinajstić information content (AvgIpc) is 2.17. The van der Waals surface area contributed by atoms with E-state index in [1.54, 1.807) is 0 Å². The molecule has 0 aromatic heterocycles. The Hall–Kier alpha value is -0.0400. The van der Waals surface area contributed by atoms with Gasteiger partial charge >= 0.3 is 0 Å². The van der Waals surface area contributed by atoms with Crippen LogP contribution in [0.5, 0.6) is 0 Å². The molecule has 0 aromatic carbocycles. The molecule has 0 amide bonds. The molecular formula is C7H15N. The van der Waals surface area contributed by atoms with E-state index >= 15 is 0 Å². The van der Waals surface area contributed by atoms with Gasteiger partial charge in [-0.3, -0.25) is 0 Å². The van der Waals surface area contributed by atoms with Crippen molar-refractivity contribution < 1.29 is 0 Å². The van der Waals surface area contributed by atoms with Crippen LogP contribution < -0.4 is 5.32 Å². The summed E-state index contributed by atoms with van der Waals surface area (Å²) in [6, 6.07) is 0. The Labute approximate surface area is 51.5 Å². The molecule has 1 fully saturated rings. The standard InChI is InChI=1S/C7H15N/c1-3-7(2)4-5-8-6-7/h8H,3-6H2,1-2H3. The molecule has 48 valence electrons. The van der Waals surface area contributed by atoms with Crippen LogP contribution >= 0.6 is 0 Å². The number of hydrogen-bond donors (Lipinski definition) is 1. The fourth-order valence-corrected chi connectivity index (χ4v) is 1.17. The second kappa shape index (κ2) is 2.06. The Morgan fingerprint density at radius 1 is 1.62 bits per heavy atom. The SMILES string of the molecule is CCC1(C)CCNC1. The van der Waals surface area contributed by atoms with Gasteiger partial charge in [0.15, 0.2) is 0 Å². The van der Waals surface area contributed by atoms with E-state index in [0.717, 1.165) is 0 Å². The summed E-state index contributed by atoms with van der Waals surface area (Å²) in [5.41, 5.74) is 0.625. The maximum atomic E-state index is 3.36. The van der Waals surface area contributed by atoms with Crippen LogP contribution in [-0.4, -0.2) is 13.1 Å². The highest BCUT2D eigenvalue weighted by Crippen LogP contribution is 2.27. The molecule has 1 heteroatoms. The molecule has 1 unspecified atom stereocenters. The van der Waals surface area contributed by atoms with Gasteiger partial charge in [-0.15, -0.1) is 0 Å². The van der Waals surface area contributed by atoms with E-state index in [9.17, 15) is 0 Å². The molecule has 1 nitrogen and oxygen atoms in total. The van der Waals surface area contributed by atoms with Crippen molar-refractivity contribution in [2.45, 2.75) is 26.7 Å². The predicted octanol–water partition coefficient (Wildman–Crippen LogP) is 1.40. The van der Waals surface area contributed by atoms with Crippen LogP contribution in [0.25, 0.3) is 0 Å². The summed E-state index contributed by atoms with van der Waals surface area (Å²) >= 11 is 0. The van der Waals surface area contributed by atoms with Crippen molar-refractivity contribution in [3.05, 3.63) is 0 Å². The van der Waals surface area contributed by atoms with Gasteiger partial charge in [0.1, 0.15) is 0 Å². The first-order valence-corrected chi connectivity index (χ1v) is 3.47. The van der Waals surface area contributed by atoms with Crippen LogP contribution in [0.1, 0.15) is 26.7 Å². The van der Waals surface area contributed by atoms with Crippen LogP contribution in [0.2, 0.25) is 0 Å². The Morgan fingerprint density at radius 2 is 2.38 bits per heavy atom. The highest BCUT2D eigenvalue weighted by atomic mass is 14.9. The second-order valence-electron chi connectivity index (χ2n) is 3.09. The highest BCUT2D eigenvalue weighted by Gasteiger charge is 2.25. The van der Waals surface area contributed by atoms with Gasteiger partial charge in [0, 0.05) is 6.54 Å². The van der Waals surface area contributed by atoms with Crippen molar-refractivity contribution in [2.24, 2.45) is 5.41 Å². The van der Waals surface area contributed by atoms with Crippen molar-refractivity contribution >= 4 is 0 Å². The van der Waals surface area contributed by atoms with E-state index in [1.165, 1.54) is 25.9 Å². The zero-order valence-corrected chi connectivity index (χ0v) is 5.83. The Bertz CT molecular complexity index is 72.5. The maximum absolute atomic E-state index is 3.36. The number of nitrogens with one attached hydrogen (secondary N) is 1. The van der Waals surface area contributed by atoms with E-state index < -0.39 is 0 Å². The van der Waals surface area contributed by atoms with Gasteiger partial charge in [0.05, 0.1) is 0 Å². The largest absolute Gasteiger partial charge is 0.316 e. The first-order chi connectivity index (χ1) is 3.77. The van der Waals surface area contributed by atoms with E-state index in [2.05, 4.69) is 19.2 Å². The van der Waals surface area contributed by atoms with Crippen LogP contribution in [0.15, 0.2) is 0 Å². The van der Waals surface area contributed by atoms with Gasteiger partial charge in [-0.2, -0.15) is 0 Å². The topological polar surface area (TPSA) is 12.0 Å². The van der Waals surface area contributed by atoms with E-state index in [0.29, 0.717) is 5.41 Å². The summed E-state index contributed by atoms with van der Waals surface area (Å²) in [5.74, 6) is 0. The molecule has 1 heterocycles. The second-order valence-corrected chi connectivity index (χ2v) is 3.09. The van der Waals surface area contributed by atoms with Gasteiger partial charge in [-0.25, -0.2) is 0 Å². The lowest BCUT2D eigenvalue weighted by Gasteiger charge is -2.18. The summed E-state index contributed by atoms with van der Waals surface area (Å²) in [6.07, 6.45) is 2.68. The zero-order chi connectivity index (χ0) is 6.04. The third-order valence-electron chi connectivity index (χ3n) is 2.31. The van der Waals surface area contributed by atoms with Crippen LogP contribution in [0.4, 0.5) is 0 Å². The highest BCUT2D eigenvalue weighted by molar-refractivity contribution is 4.81. The minimum absolute atomic E-state index is 0.625. The molecule has 0 aromatic rings. The normalized spacial score (nSPS) is 38.2. The molecule has 0 spiro atoms. The van der Waals surface area contributed by atoms with Gasteiger partial charge in [0.2, 0.25) is 0 Å². The quantitative estimate of drug-likeness (QED) is 0.542. The van der Waals surface area contributed by atoms with Gasteiger partial charge in [-0.1, -0.05) is 13.8 Å². The minimum Gasteiger partial charge on any atom is -0.316 e. The Morgan fingerprint density at radius 3 is 2.62 bits per heavy atom. The first kappa shape index (κ1) is 6.09. The molecule has 1 aliphatic heterocycles. The molecule has 0 saturated carbocycles. The van der Waals surface area contributed by atoms with E-state index in [1.807, 2.05) is 0 Å². The van der Waals surface area contributed by atoms with Gasteiger partial charge < -0.3 is 5.32 Å². The Kier molecular flexibility index (Phi) is 1.57. The summed E-state index contributed by atoms with van der Waals surface area (Å²) in [4.78, 5) is 0. The molecule has 1 atom stereocenters. The summed E-state index contributed by atoms with van der Waals surface area (Å²) < 4.78 is 0. The molecule has 1 aliphatic rings. The lowest BCUT2D eigenvalue weighted by molar-refractivity contribution is 0.351. The predicted molar refractivity (Wildman–Crippen MR) is 35.9 cm³/mol. The van der Waals surface area contributed by atoms with E-state index in [-0.39, 0.29) is 0 Å². The van der Waals surface area contributed by atoms with E-state index in [4.69, 9.17) is 0 Å². The monoisotopic (exact) mass is 113 g/mol. The first-order valence-electron chi connectivity index (χ1n) is 3.47. The molecule has 1 rings (SSSR count). The average molecular weight is 113 g/mol. The third kappa shape index (κ3) is 1.03. The van der Waals surface area contributed by atoms with Crippen molar-refractivity contribution in [3.8, 4) is 0 Å². The van der Waals surface area contributed by atoms with Gasteiger partial charge in [-0.05, 0) is 24.8 Å². The molecule has 0 bridgehead atoms. The number of rotatable bonds is 1. The third-order valence-corrected chi connectivity index (χ3v) is 2.31. The lowest BCUT2D eigenvalue weighted by atomic mass is 9.87. The van der Waals surface area contributed by atoms with Crippen molar-refractivity contribution in [1.82, 2.24) is 5.32 Å². The molecule has 8 heavy (non-hydrogen) atoms. The summed E-state index contributed by atoms with van der Waals surface area (Å²) in [6.45, 7) is 7.08. The van der Waals surface area contributed by atoms with Crippen LogP contribution in [0, 0.1) is 5.41 Å². The maximum Gasteiger partial charge on any atom is 0.000554 e. The van der Waals surface area contributed by atoms with Crippen molar-refractivity contribution in [1.29, 1.82) is 0 Å². The molecule has 1 N–H and O–H groups in total. The lowest BCUT2D eigenvalue weighted by Crippen LogP contribution is -2.18. The molecule has 0 radical (unpaired) electrons. The molecule has 0 aliphatic carbocycles. The zero-order valence-electron chi connectivity index (χ0n) is 5.83. The smallest absolute Gasteiger partial charge is 0.000554 e. The van der Waals surface area contributed by atoms with Crippen LogP contribution in [0.3, 0.4) is 0 Å². The van der Waals surface area contributed by atoms with Crippen molar-refractivity contribution in [3.63, 3.8) is 0 Å². The number of hydrogen-bond acceptors (Lipinski definition) is 1.